The number of carbonyl (C=O) groups excluding carboxylic acids is 2. The molecule has 116 valence electrons. The Labute approximate surface area is 130 Å². The van der Waals surface area contributed by atoms with E-state index in [1.54, 1.807) is 12.1 Å². The van der Waals surface area contributed by atoms with Gasteiger partial charge >= 0.3 is 5.97 Å². The molecule has 0 radical (unpaired) electrons. The van der Waals surface area contributed by atoms with Crippen molar-refractivity contribution in [3.8, 4) is 5.75 Å². The monoisotopic (exact) mass is 323 g/mol. The van der Waals surface area contributed by atoms with Crippen LogP contribution in [0.4, 0.5) is 10.3 Å². The zero-order valence-corrected chi connectivity index (χ0v) is 12.9. The lowest BCUT2D eigenvalue weighted by Gasteiger charge is -2.09. The molecule has 0 atom stereocenters. The first-order valence-electron chi connectivity index (χ1n) is 6.54. The quantitative estimate of drug-likeness (QED) is 0.676. The summed E-state index contributed by atoms with van der Waals surface area (Å²) in [6.45, 7) is 2.49. The number of esters is 1. The number of hydrogen-bond acceptors (Lipinski definition) is 6. The van der Waals surface area contributed by atoms with Crippen LogP contribution in [0.3, 0.4) is 0 Å². The number of ether oxygens (including phenoxy) is 1. The highest BCUT2D eigenvalue weighted by molar-refractivity contribution is 7.05. The van der Waals surface area contributed by atoms with Crippen LogP contribution < -0.4 is 10.1 Å². The Morgan fingerprint density at radius 2 is 2.18 bits per heavy atom. The van der Waals surface area contributed by atoms with Crippen molar-refractivity contribution < 1.29 is 18.7 Å². The number of nitrogens with zero attached hydrogens (tertiary/aromatic N) is 2. The average Bonchev–Trinajstić information content (AvgIpc) is 2.94. The van der Waals surface area contributed by atoms with Gasteiger partial charge in [-0.15, -0.1) is 0 Å². The lowest BCUT2D eigenvalue weighted by atomic mass is 10.1. The van der Waals surface area contributed by atoms with E-state index < -0.39 is 18.6 Å². The summed E-state index contributed by atoms with van der Waals surface area (Å²) in [5, 5.41) is 2.66. The summed E-state index contributed by atoms with van der Waals surface area (Å²) in [7, 11) is 0. The van der Waals surface area contributed by atoms with Crippen molar-refractivity contribution in [2.75, 3.05) is 5.32 Å². The van der Waals surface area contributed by atoms with Gasteiger partial charge in [-0.3, -0.25) is 14.9 Å². The van der Waals surface area contributed by atoms with Gasteiger partial charge in [0.1, 0.15) is 17.4 Å². The number of anilines is 1. The van der Waals surface area contributed by atoms with Crippen LogP contribution in [0.25, 0.3) is 0 Å². The third-order valence-electron chi connectivity index (χ3n) is 2.77. The number of nitrogens with one attached hydrogen (secondary N) is 1. The van der Waals surface area contributed by atoms with E-state index in [0.717, 1.165) is 17.1 Å². The number of halogens is 1. The summed E-state index contributed by atoms with van der Waals surface area (Å²) < 4.78 is 21.3. The molecule has 1 amide bonds. The van der Waals surface area contributed by atoms with Crippen LogP contribution in [0.1, 0.15) is 34.8 Å². The van der Waals surface area contributed by atoms with Crippen molar-refractivity contribution >= 4 is 29.4 Å². The normalized spacial score (nSPS) is 10.3. The van der Waals surface area contributed by atoms with Gasteiger partial charge in [0.05, 0.1) is 0 Å². The molecular formula is C14H14FN3O3S. The second-order valence-electron chi connectivity index (χ2n) is 4.37. The standard InChI is InChI=1S/C14H14FN3O3S/c1-3-9-4-5-10(6-11(9)21-8(2)19)13(20)17-14-16-12(7-15)22-18-14/h4-6H,3,7H2,1-2H3,(H,17,18,20). The average molecular weight is 323 g/mol. The Bertz CT molecular complexity index is 702. The molecule has 0 aliphatic carbocycles. The maximum atomic E-state index is 12.4. The number of alkyl halides is 1. The third kappa shape index (κ3) is 3.85. The summed E-state index contributed by atoms with van der Waals surface area (Å²) in [5.41, 5.74) is 1.11. The molecule has 2 rings (SSSR count). The molecule has 0 aliphatic rings. The molecule has 0 fully saturated rings. The van der Waals surface area contributed by atoms with Crippen LogP contribution in [-0.2, 0) is 17.9 Å². The molecule has 0 bridgehead atoms. The van der Waals surface area contributed by atoms with Crippen molar-refractivity contribution in [2.45, 2.75) is 26.9 Å². The van der Waals surface area contributed by atoms with Gasteiger partial charge in [0, 0.05) is 12.5 Å². The highest BCUT2D eigenvalue weighted by Crippen LogP contribution is 2.22. The highest BCUT2D eigenvalue weighted by Gasteiger charge is 2.13. The minimum Gasteiger partial charge on any atom is -0.426 e. The van der Waals surface area contributed by atoms with Gasteiger partial charge in [-0.25, -0.2) is 9.37 Å². The van der Waals surface area contributed by atoms with Gasteiger partial charge < -0.3 is 4.74 Å². The van der Waals surface area contributed by atoms with E-state index in [4.69, 9.17) is 4.74 Å². The molecular weight excluding hydrogens is 309 g/mol. The lowest BCUT2D eigenvalue weighted by molar-refractivity contribution is -0.131. The summed E-state index contributed by atoms with van der Waals surface area (Å²) >= 11 is 0.884. The molecule has 8 heteroatoms. The SMILES string of the molecule is CCc1ccc(C(=O)Nc2nsc(CF)n2)cc1OC(C)=O. The first-order chi connectivity index (χ1) is 10.5. The van der Waals surface area contributed by atoms with Gasteiger partial charge in [0.25, 0.3) is 5.91 Å². The number of amides is 1. The Morgan fingerprint density at radius 3 is 2.77 bits per heavy atom. The lowest BCUT2D eigenvalue weighted by Crippen LogP contribution is -2.14. The van der Waals surface area contributed by atoms with Gasteiger partial charge in [0.2, 0.25) is 5.95 Å². The summed E-state index contributed by atoms with van der Waals surface area (Å²) in [6.07, 6.45) is 0.665. The first-order valence-corrected chi connectivity index (χ1v) is 7.32. The van der Waals surface area contributed by atoms with Crippen LogP contribution in [0.5, 0.6) is 5.75 Å². The fourth-order valence-electron chi connectivity index (χ4n) is 1.77. The number of benzene rings is 1. The predicted octanol–water partition coefficient (Wildman–Crippen LogP) is 2.75. The highest BCUT2D eigenvalue weighted by atomic mass is 32.1. The smallest absolute Gasteiger partial charge is 0.308 e. The number of carbonyl (C=O) groups is 2. The van der Waals surface area contributed by atoms with Crippen LogP contribution in [0, 0.1) is 0 Å². The number of hydrogen-bond donors (Lipinski definition) is 1. The molecule has 0 unspecified atom stereocenters. The van der Waals surface area contributed by atoms with Crippen molar-refractivity contribution in [3.05, 3.63) is 34.3 Å². The minimum atomic E-state index is -0.727. The van der Waals surface area contributed by atoms with Gasteiger partial charge in [-0.1, -0.05) is 13.0 Å². The van der Waals surface area contributed by atoms with E-state index in [9.17, 15) is 14.0 Å². The van der Waals surface area contributed by atoms with E-state index in [1.165, 1.54) is 13.0 Å². The van der Waals surface area contributed by atoms with Crippen LogP contribution >= 0.6 is 11.5 Å². The van der Waals surface area contributed by atoms with E-state index in [-0.39, 0.29) is 11.0 Å². The largest absolute Gasteiger partial charge is 0.426 e. The van der Waals surface area contributed by atoms with Gasteiger partial charge in [-0.2, -0.15) is 4.37 Å². The first kappa shape index (κ1) is 16.0. The number of aromatic nitrogens is 2. The Balaban J connectivity index is 2.20. The molecule has 0 spiro atoms. The summed E-state index contributed by atoms with van der Waals surface area (Å²) in [4.78, 5) is 27.1. The molecule has 1 aromatic carbocycles. The molecule has 1 N–H and O–H groups in total. The maximum Gasteiger partial charge on any atom is 0.308 e. The Kier molecular flexibility index (Phi) is 5.16. The summed E-state index contributed by atoms with van der Waals surface area (Å²) in [5.74, 6) is -0.519. The van der Waals surface area contributed by atoms with Crippen molar-refractivity contribution in [2.24, 2.45) is 0 Å². The second kappa shape index (κ2) is 7.08. The fourth-order valence-corrected chi connectivity index (χ4v) is 2.23. The van der Waals surface area contributed by atoms with Crippen LogP contribution in [0.15, 0.2) is 18.2 Å². The zero-order chi connectivity index (χ0) is 16.1. The van der Waals surface area contributed by atoms with E-state index in [2.05, 4.69) is 14.7 Å². The molecule has 0 saturated heterocycles. The molecule has 6 nitrogen and oxygen atoms in total. The van der Waals surface area contributed by atoms with E-state index >= 15 is 0 Å². The van der Waals surface area contributed by atoms with E-state index in [1.807, 2.05) is 6.92 Å². The topological polar surface area (TPSA) is 81.2 Å². The van der Waals surface area contributed by atoms with E-state index in [0.29, 0.717) is 17.7 Å². The number of aryl methyl sites for hydroxylation is 1. The molecule has 1 aromatic heterocycles. The van der Waals surface area contributed by atoms with Gasteiger partial charge in [0.15, 0.2) is 0 Å². The van der Waals surface area contributed by atoms with Crippen molar-refractivity contribution in [3.63, 3.8) is 0 Å². The van der Waals surface area contributed by atoms with Crippen molar-refractivity contribution in [1.82, 2.24) is 9.36 Å². The predicted molar refractivity (Wildman–Crippen MR) is 79.8 cm³/mol. The fraction of sp³-hybridized carbons (Fsp3) is 0.286. The minimum absolute atomic E-state index is 0.0521. The number of rotatable bonds is 5. The second-order valence-corrected chi connectivity index (χ2v) is 5.21. The van der Waals surface area contributed by atoms with Crippen LogP contribution in [0.2, 0.25) is 0 Å². The Morgan fingerprint density at radius 1 is 1.41 bits per heavy atom. The molecule has 22 heavy (non-hydrogen) atoms. The molecule has 0 aliphatic heterocycles. The molecule has 1 heterocycles. The molecule has 0 saturated carbocycles. The zero-order valence-electron chi connectivity index (χ0n) is 12.1. The summed E-state index contributed by atoms with van der Waals surface area (Å²) in [6, 6.07) is 4.82. The third-order valence-corrected chi connectivity index (χ3v) is 3.45. The van der Waals surface area contributed by atoms with Gasteiger partial charge in [-0.05, 0) is 35.6 Å². The Hall–Kier alpha value is -2.35. The maximum absolute atomic E-state index is 12.4. The molecule has 2 aromatic rings. The van der Waals surface area contributed by atoms with Crippen LogP contribution in [-0.4, -0.2) is 21.2 Å². The van der Waals surface area contributed by atoms with Crippen molar-refractivity contribution in [1.29, 1.82) is 0 Å².